The standard InChI is InChI=1S/C12H13NOS/c1-3-4-12(15)11(14)7-10-6-5-9(2)13-8-10/h3-6,8,15H,1,7H2,2H3/b12-4-. The molecule has 0 aliphatic heterocycles. The number of allylic oxidation sites excluding steroid dienone is 3. The average Bonchev–Trinajstić information content (AvgIpc) is 2.22. The number of carbonyl (C=O) groups excluding carboxylic acids is 1. The minimum atomic E-state index is -0.0242. The van der Waals surface area contributed by atoms with Gasteiger partial charge in [0.05, 0.1) is 0 Å². The molecule has 0 unspecified atom stereocenters. The molecule has 0 amide bonds. The van der Waals surface area contributed by atoms with E-state index in [0.717, 1.165) is 11.3 Å². The Bertz CT molecular complexity index is 393. The fourth-order valence-corrected chi connectivity index (χ4v) is 1.27. The van der Waals surface area contributed by atoms with Crippen LogP contribution in [0.2, 0.25) is 0 Å². The number of aromatic nitrogens is 1. The molecule has 0 fully saturated rings. The van der Waals surface area contributed by atoms with Crippen LogP contribution in [0.1, 0.15) is 11.3 Å². The van der Waals surface area contributed by atoms with Gasteiger partial charge in [-0.2, -0.15) is 0 Å². The monoisotopic (exact) mass is 219 g/mol. The number of carbonyl (C=O) groups is 1. The van der Waals surface area contributed by atoms with Crippen molar-refractivity contribution in [3.8, 4) is 0 Å². The number of hydrogen-bond donors (Lipinski definition) is 1. The maximum absolute atomic E-state index is 11.6. The van der Waals surface area contributed by atoms with E-state index in [9.17, 15) is 4.79 Å². The van der Waals surface area contributed by atoms with E-state index in [0.29, 0.717) is 11.3 Å². The van der Waals surface area contributed by atoms with E-state index in [1.807, 2.05) is 19.1 Å². The lowest BCUT2D eigenvalue weighted by Gasteiger charge is -2.00. The Labute approximate surface area is 95.1 Å². The third kappa shape index (κ3) is 3.72. The molecule has 0 atom stereocenters. The number of ketones is 1. The number of hydrogen-bond acceptors (Lipinski definition) is 3. The number of aryl methyl sites for hydroxylation is 1. The van der Waals surface area contributed by atoms with Gasteiger partial charge in [-0.1, -0.05) is 18.7 Å². The molecule has 0 N–H and O–H groups in total. The lowest BCUT2D eigenvalue weighted by Crippen LogP contribution is -2.03. The molecule has 15 heavy (non-hydrogen) atoms. The van der Waals surface area contributed by atoms with Gasteiger partial charge in [0, 0.05) is 23.2 Å². The van der Waals surface area contributed by atoms with Gasteiger partial charge in [-0.15, -0.1) is 12.6 Å². The summed E-state index contributed by atoms with van der Waals surface area (Å²) >= 11 is 4.08. The zero-order chi connectivity index (χ0) is 11.3. The first-order valence-corrected chi connectivity index (χ1v) is 5.04. The van der Waals surface area contributed by atoms with Gasteiger partial charge in [-0.05, 0) is 24.6 Å². The van der Waals surface area contributed by atoms with Gasteiger partial charge in [0.2, 0.25) is 0 Å². The highest BCUT2D eigenvalue weighted by molar-refractivity contribution is 7.85. The second-order valence-corrected chi connectivity index (χ2v) is 3.68. The molecule has 78 valence electrons. The van der Waals surface area contributed by atoms with E-state index < -0.39 is 0 Å². The second-order valence-electron chi connectivity index (χ2n) is 3.20. The Balaban J connectivity index is 2.70. The molecule has 1 rings (SSSR count). The SMILES string of the molecule is C=C/C=C(\S)C(=O)Cc1ccc(C)nc1. The number of thiol groups is 1. The van der Waals surface area contributed by atoms with Crippen LogP contribution in [0.3, 0.4) is 0 Å². The fraction of sp³-hybridized carbons (Fsp3) is 0.167. The van der Waals surface area contributed by atoms with Crippen LogP contribution in [0, 0.1) is 6.92 Å². The molecular formula is C12H13NOS. The summed E-state index contributed by atoms with van der Waals surface area (Å²) in [6.45, 7) is 5.42. The summed E-state index contributed by atoms with van der Waals surface area (Å²) in [5, 5.41) is 0. The summed E-state index contributed by atoms with van der Waals surface area (Å²) in [5.41, 5.74) is 1.84. The average molecular weight is 219 g/mol. The molecule has 0 bridgehead atoms. The van der Waals surface area contributed by atoms with Gasteiger partial charge >= 0.3 is 0 Å². The second kappa shape index (κ2) is 5.51. The van der Waals surface area contributed by atoms with Crippen molar-refractivity contribution in [1.82, 2.24) is 4.98 Å². The van der Waals surface area contributed by atoms with Crippen LogP contribution in [0.15, 0.2) is 42.0 Å². The molecule has 0 saturated heterocycles. The topological polar surface area (TPSA) is 30.0 Å². The van der Waals surface area contributed by atoms with Gasteiger partial charge < -0.3 is 0 Å². The predicted octanol–water partition coefficient (Wildman–Crippen LogP) is 2.50. The zero-order valence-electron chi connectivity index (χ0n) is 8.60. The quantitative estimate of drug-likeness (QED) is 0.479. The van der Waals surface area contributed by atoms with Crippen LogP contribution in [-0.4, -0.2) is 10.8 Å². The third-order valence-electron chi connectivity index (χ3n) is 1.90. The molecule has 1 aromatic rings. The highest BCUT2D eigenvalue weighted by atomic mass is 32.1. The maximum atomic E-state index is 11.6. The number of Topliss-reactive ketones (excluding diaryl/α,β-unsaturated/α-hetero) is 1. The first kappa shape index (κ1) is 11.7. The van der Waals surface area contributed by atoms with Crippen LogP contribution in [-0.2, 0) is 11.2 Å². The highest BCUT2D eigenvalue weighted by Gasteiger charge is 2.06. The van der Waals surface area contributed by atoms with E-state index in [-0.39, 0.29) is 5.78 Å². The van der Waals surface area contributed by atoms with Gasteiger partial charge in [0.1, 0.15) is 0 Å². The third-order valence-corrected chi connectivity index (χ3v) is 2.30. The molecule has 0 saturated carbocycles. The van der Waals surface area contributed by atoms with Crippen molar-refractivity contribution in [2.75, 3.05) is 0 Å². The van der Waals surface area contributed by atoms with Crippen LogP contribution in [0.5, 0.6) is 0 Å². The number of nitrogens with zero attached hydrogens (tertiary/aromatic N) is 1. The molecule has 0 aromatic carbocycles. The first-order chi connectivity index (χ1) is 7.13. The predicted molar refractivity (Wildman–Crippen MR) is 65.0 cm³/mol. The Morgan fingerprint density at radius 3 is 2.87 bits per heavy atom. The molecular weight excluding hydrogens is 206 g/mol. The van der Waals surface area contributed by atoms with Crippen molar-refractivity contribution in [3.05, 3.63) is 53.2 Å². The minimum absolute atomic E-state index is 0.0242. The summed E-state index contributed by atoms with van der Waals surface area (Å²) in [7, 11) is 0. The summed E-state index contributed by atoms with van der Waals surface area (Å²) < 4.78 is 0. The number of rotatable bonds is 4. The summed E-state index contributed by atoms with van der Waals surface area (Å²) in [4.78, 5) is 16.1. The lowest BCUT2D eigenvalue weighted by molar-refractivity contribution is -0.114. The zero-order valence-corrected chi connectivity index (χ0v) is 9.50. The molecule has 1 aromatic heterocycles. The van der Waals surface area contributed by atoms with E-state index in [2.05, 4.69) is 24.2 Å². The maximum Gasteiger partial charge on any atom is 0.173 e. The Morgan fingerprint density at radius 1 is 1.60 bits per heavy atom. The lowest BCUT2D eigenvalue weighted by atomic mass is 10.1. The largest absolute Gasteiger partial charge is 0.293 e. The molecule has 0 radical (unpaired) electrons. The van der Waals surface area contributed by atoms with Crippen molar-refractivity contribution in [1.29, 1.82) is 0 Å². The van der Waals surface area contributed by atoms with E-state index in [1.54, 1.807) is 18.3 Å². The Hall–Kier alpha value is -1.35. The van der Waals surface area contributed by atoms with Crippen LogP contribution < -0.4 is 0 Å². The van der Waals surface area contributed by atoms with Crippen LogP contribution in [0.25, 0.3) is 0 Å². The molecule has 3 heteroatoms. The molecule has 0 aliphatic rings. The van der Waals surface area contributed by atoms with Gasteiger partial charge in [0.25, 0.3) is 0 Å². The van der Waals surface area contributed by atoms with Crippen molar-refractivity contribution in [3.63, 3.8) is 0 Å². The van der Waals surface area contributed by atoms with E-state index >= 15 is 0 Å². The molecule has 0 spiro atoms. The minimum Gasteiger partial charge on any atom is -0.293 e. The van der Waals surface area contributed by atoms with Crippen molar-refractivity contribution >= 4 is 18.4 Å². The van der Waals surface area contributed by atoms with Crippen molar-refractivity contribution in [2.45, 2.75) is 13.3 Å². The summed E-state index contributed by atoms with van der Waals surface area (Å²) in [6.07, 6.45) is 5.18. The van der Waals surface area contributed by atoms with E-state index in [1.165, 1.54) is 0 Å². The first-order valence-electron chi connectivity index (χ1n) is 4.60. The normalized spacial score (nSPS) is 11.2. The fourth-order valence-electron chi connectivity index (χ4n) is 1.08. The molecule has 0 aliphatic carbocycles. The van der Waals surface area contributed by atoms with Crippen LogP contribution in [0.4, 0.5) is 0 Å². The van der Waals surface area contributed by atoms with Gasteiger partial charge in [-0.3, -0.25) is 9.78 Å². The van der Waals surface area contributed by atoms with Crippen molar-refractivity contribution in [2.24, 2.45) is 0 Å². The smallest absolute Gasteiger partial charge is 0.173 e. The Morgan fingerprint density at radius 2 is 2.33 bits per heavy atom. The van der Waals surface area contributed by atoms with E-state index in [4.69, 9.17) is 0 Å². The Kier molecular flexibility index (Phi) is 4.31. The molecule has 1 heterocycles. The van der Waals surface area contributed by atoms with Gasteiger partial charge in [-0.25, -0.2) is 0 Å². The number of pyridine rings is 1. The van der Waals surface area contributed by atoms with Gasteiger partial charge in [0.15, 0.2) is 5.78 Å². The van der Waals surface area contributed by atoms with Crippen LogP contribution >= 0.6 is 12.6 Å². The highest BCUT2D eigenvalue weighted by Crippen LogP contribution is 2.08. The van der Waals surface area contributed by atoms with Crippen molar-refractivity contribution < 1.29 is 4.79 Å². The summed E-state index contributed by atoms with van der Waals surface area (Å²) in [5.74, 6) is -0.0242. The molecule has 2 nitrogen and oxygen atoms in total. The summed E-state index contributed by atoms with van der Waals surface area (Å²) in [6, 6.07) is 3.78.